The second-order valence-corrected chi connectivity index (χ2v) is 7.96. The Morgan fingerprint density at radius 1 is 1.00 bits per heavy atom. The first-order valence-electron chi connectivity index (χ1n) is 11.2. The van der Waals surface area contributed by atoms with Gasteiger partial charge in [0.1, 0.15) is 28.8 Å². The van der Waals surface area contributed by atoms with Crippen molar-refractivity contribution in [3.8, 4) is 28.5 Å². The molecule has 2 aromatic carbocycles. The minimum absolute atomic E-state index is 0.425. The molecule has 2 aromatic heterocycles. The van der Waals surface area contributed by atoms with Crippen LogP contribution in [-0.2, 0) is 6.42 Å². The monoisotopic (exact) mass is 468 g/mol. The number of benzene rings is 2. The summed E-state index contributed by atoms with van der Waals surface area (Å²) in [4.78, 5) is 9.15. The molecule has 0 saturated carbocycles. The molecule has 0 saturated heterocycles. The topological polar surface area (TPSA) is 121 Å². The third kappa shape index (κ3) is 6.26. The van der Waals surface area contributed by atoms with Gasteiger partial charge in [-0.2, -0.15) is 5.10 Å². The molecule has 0 amide bonds. The molecule has 178 valence electrons. The molecule has 5 N–H and O–H groups in total. The molecule has 8 heteroatoms. The minimum Gasteiger partial charge on any atom is -0.497 e. The highest BCUT2D eigenvalue weighted by Gasteiger charge is 2.12. The Kier molecular flexibility index (Phi) is 7.42. The number of hydrogen-bond donors (Lipinski definition) is 3. The number of anilines is 2. The fourth-order valence-corrected chi connectivity index (χ4v) is 3.56. The molecule has 4 aromatic rings. The molecule has 8 nitrogen and oxygen atoms in total. The molecule has 4 rings (SSSR count). The Morgan fingerprint density at radius 3 is 2.69 bits per heavy atom. The summed E-state index contributed by atoms with van der Waals surface area (Å²) in [5.41, 5.74) is 10.3. The number of amidine groups is 1. The van der Waals surface area contributed by atoms with Crippen molar-refractivity contribution in [3.63, 3.8) is 0 Å². The second kappa shape index (κ2) is 11.0. The van der Waals surface area contributed by atoms with Crippen LogP contribution in [0.15, 0.2) is 84.1 Å². The van der Waals surface area contributed by atoms with Crippen molar-refractivity contribution in [1.29, 1.82) is 0 Å². The van der Waals surface area contributed by atoms with E-state index in [9.17, 15) is 0 Å². The van der Waals surface area contributed by atoms with Gasteiger partial charge in [0.25, 0.3) is 0 Å². The molecule has 0 fully saturated rings. The molecule has 35 heavy (non-hydrogen) atoms. The second-order valence-electron chi connectivity index (χ2n) is 7.96. The minimum atomic E-state index is 0.425. The fourth-order valence-electron chi connectivity index (χ4n) is 3.56. The molecular weight excluding hydrogens is 440 g/mol. The Labute approximate surface area is 204 Å². The summed E-state index contributed by atoms with van der Waals surface area (Å²) in [7, 11) is 1.64. The van der Waals surface area contributed by atoms with Gasteiger partial charge in [0.15, 0.2) is 5.75 Å². The molecule has 0 spiro atoms. The van der Waals surface area contributed by atoms with Gasteiger partial charge < -0.3 is 26.4 Å². The summed E-state index contributed by atoms with van der Waals surface area (Å²) in [5, 5.41) is 6.85. The highest BCUT2D eigenvalue weighted by molar-refractivity contribution is 5.80. The van der Waals surface area contributed by atoms with Crippen molar-refractivity contribution in [2.45, 2.75) is 19.8 Å². The number of hydrazone groups is 1. The van der Waals surface area contributed by atoms with E-state index in [1.54, 1.807) is 13.3 Å². The zero-order valence-corrected chi connectivity index (χ0v) is 19.7. The van der Waals surface area contributed by atoms with Crippen LogP contribution in [0.5, 0.6) is 17.2 Å². The standard InChI is InChI=1S/C27H28N6O2/c1-18-9-11-24(27(31-18)20-6-4-8-22(16-20)34-2)35-23-13-14-30-26(17-23)32-21-7-3-5-19(15-21)10-12-25(28)33-29/h3-9,11,13-17H,10,12,29H2,1-2H3,(H2,28,33)(H,30,32). The lowest BCUT2D eigenvalue weighted by Gasteiger charge is -2.13. The number of aromatic nitrogens is 2. The lowest BCUT2D eigenvalue weighted by Crippen LogP contribution is -2.14. The van der Waals surface area contributed by atoms with Crippen LogP contribution in [0.3, 0.4) is 0 Å². The molecular formula is C27H28N6O2. The quantitative estimate of drug-likeness (QED) is 0.134. The maximum atomic E-state index is 6.25. The van der Waals surface area contributed by atoms with Crippen molar-refractivity contribution in [3.05, 3.63) is 90.3 Å². The summed E-state index contributed by atoms with van der Waals surface area (Å²) < 4.78 is 11.6. The molecule has 0 atom stereocenters. The van der Waals surface area contributed by atoms with Gasteiger partial charge in [-0.3, -0.25) is 0 Å². The number of nitrogens with two attached hydrogens (primary N) is 2. The molecule has 0 aliphatic heterocycles. The number of nitrogens with one attached hydrogen (secondary N) is 1. The lowest BCUT2D eigenvalue weighted by molar-refractivity contribution is 0.415. The van der Waals surface area contributed by atoms with Gasteiger partial charge in [-0.15, -0.1) is 0 Å². The molecule has 0 unspecified atom stereocenters. The van der Waals surface area contributed by atoms with Gasteiger partial charge in [-0.1, -0.05) is 24.3 Å². The van der Waals surface area contributed by atoms with Crippen molar-refractivity contribution < 1.29 is 9.47 Å². The van der Waals surface area contributed by atoms with Crippen LogP contribution in [0, 0.1) is 6.92 Å². The van der Waals surface area contributed by atoms with Crippen molar-refractivity contribution in [2.24, 2.45) is 16.7 Å². The van der Waals surface area contributed by atoms with Crippen LogP contribution in [0.2, 0.25) is 0 Å². The number of aryl methyl sites for hydroxylation is 2. The van der Waals surface area contributed by atoms with E-state index in [1.165, 1.54) is 0 Å². The zero-order valence-electron chi connectivity index (χ0n) is 19.7. The van der Waals surface area contributed by atoms with Crippen LogP contribution in [0.25, 0.3) is 11.3 Å². The van der Waals surface area contributed by atoms with E-state index in [0.717, 1.165) is 40.4 Å². The third-order valence-corrected chi connectivity index (χ3v) is 5.33. The number of nitrogens with zero attached hydrogens (tertiary/aromatic N) is 3. The zero-order chi connectivity index (χ0) is 24.6. The van der Waals surface area contributed by atoms with Crippen molar-refractivity contribution in [2.75, 3.05) is 12.4 Å². The number of pyridine rings is 2. The molecule has 2 heterocycles. The average Bonchev–Trinajstić information content (AvgIpc) is 2.88. The largest absolute Gasteiger partial charge is 0.497 e. The summed E-state index contributed by atoms with van der Waals surface area (Å²) in [6.07, 6.45) is 3.04. The maximum Gasteiger partial charge on any atom is 0.153 e. The summed E-state index contributed by atoms with van der Waals surface area (Å²) in [5.74, 6) is 8.34. The maximum absolute atomic E-state index is 6.25. The lowest BCUT2D eigenvalue weighted by atomic mass is 10.1. The van der Waals surface area contributed by atoms with E-state index in [4.69, 9.17) is 26.0 Å². The van der Waals surface area contributed by atoms with Crippen LogP contribution in [-0.4, -0.2) is 22.9 Å². The Hall–Kier alpha value is -4.59. The first-order chi connectivity index (χ1) is 17.0. The highest BCUT2D eigenvalue weighted by atomic mass is 16.5. The number of ether oxygens (including phenoxy) is 2. The summed E-state index contributed by atoms with van der Waals surface area (Å²) >= 11 is 0. The van der Waals surface area contributed by atoms with Gasteiger partial charge in [-0.05, 0) is 61.4 Å². The Bertz CT molecular complexity index is 1340. The van der Waals surface area contributed by atoms with Crippen molar-refractivity contribution >= 4 is 17.3 Å². The normalized spacial score (nSPS) is 11.2. The van der Waals surface area contributed by atoms with Gasteiger partial charge in [-0.25, -0.2) is 9.97 Å². The number of hydrogen-bond acceptors (Lipinski definition) is 7. The first kappa shape index (κ1) is 23.6. The van der Waals surface area contributed by atoms with E-state index in [2.05, 4.69) is 15.4 Å². The van der Waals surface area contributed by atoms with E-state index in [-0.39, 0.29) is 0 Å². The SMILES string of the molecule is COc1cccc(-c2nc(C)ccc2Oc2ccnc(Nc3cccc(CC/C(N)=N/N)c3)c2)c1. The van der Waals surface area contributed by atoms with Gasteiger partial charge in [0, 0.05) is 35.6 Å². The highest BCUT2D eigenvalue weighted by Crippen LogP contribution is 2.34. The van der Waals surface area contributed by atoms with Gasteiger partial charge in [0.2, 0.25) is 0 Å². The average molecular weight is 469 g/mol. The van der Waals surface area contributed by atoms with Crippen LogP contribution < -0.4 is 26.4 Å². The third-order valence-electron chi connectivity index (χ3n) is 5.33. The van der Waals surface area contributed by atoms with Crippen LogP contribution in [0.1, 0.15) is 17.7 Å². The summed E-state index contributed by atoms with van der Waals surface area (Å²) in [6.45, 7) is 1.95. The molecule has 0 aliphatic carbocycles. The molecule has 0 aliphatic rings. The Morgan fingerprint density at radius 2 is 1.86 bits per heavy atom. The first-order valence-corrected chi connectivity index (χ1v) is 11.2. The van der Waals surface area contributed by atoms with Crippen molar-refractivity contribution in [1.82, 2.24) is 9.97 Å². The van der Waals surface area contributed by atoms with E-state index >= 15 is 0 Å². The van der Waals surface area contributed by atoms with E-state index in [1.807, 2.05) is 79.7 Å². The van der Waals surface area contributed by atoms with Crippen LogP contribution in [0.4, 0.5) is 11.5 Å². The fraction of sp³-hybridized carbons (Fsp3) is 0.148. The molecule has 0 bridgehead atoms. The predicted molar refractivity (Wildman–Crippen MR) is 139 cm³/mol. The van der Waals surface area contributed by atoms with E-state index in [0.29, 0.717) is 29.6 Å². The van der Waals surface area contributed by atoms with Gasteiger partial charge >= 0.3 is 0 Å². The van der Waals surface area contributed by atoms with Crippen LogP contribution >= 0.6 is 0 Å². The molecule has 0 radical (unpaired) electrons. The Balaban J connectivity index is 1.54. The summed E-state index contributed by atoms with van der Waals surface area (Å²) in [6, 6.07) is 23.3. The van der Waals surface area contributed by atoms with E-state index < -0.39 is 0 Å². The number of methoxy groups -OCH3 is 1. The number of rotatable bonds is 9. The smallest absolute Gasteiger partial charge is 0.153 e. The van der Waals surface area contributed by atoms with Gasteiger partial charge in [0.05, 0.1) is 7.11 Å². The predicted octanol–water partition coefficient (Wildman–Crippen LogP) is 5.16.